The molecule has 1 aromatic carbocycles. The van der Waals surface area contributed by atoms with Crippen LogP contribution in [-0.4, -0.2) is 12.1 Å². The minimum atomic E-state index is -0.403. The highest BCUT2D eigenvalue weighted by atomic mass is 16.5. The molecule has 2 heteroatoms. The zero-order chi connectivity index (χ0) is 15.3. The number of carbonyl (C=O) groups is 1. The van der Waals surface area contributed by atoms with Crippen molar-refractivity contribution in [2.45, 2.75) is 39.2 Å². The minimum Gasteiger partial charge on any atom is -0.458 e. The van der Waals surface area contributed by atoms with Crippen molar-refractivity contribution in [2.24, 2.45) is 0 Å². The van der Waals surface area contributed by atoms with E-state index in [1.54, 1.807) is 0 Å². The molecule has 1 atom stereocenters. The number of benzene rings is 1. The maximum Gasteiger partial charge on any atom is 0.330 e. The summed E-state index contributed by atoms with van der Waals surface area (Å²) in [4.78, 5) is 11.4. The second kappa shape index (κ2) is 6.56. The minimum absolute atomic E-state index is 0.302. The van der Waals surface area contributed by atoms with E-state index in [2.05, 4.69) is 39.1 Å². The average molecular weight is 271 g/mol. The van der Waals surface area contributed by atoms with Gasteiger partial charge in [-0.15, -0.1) is 0 Å². The van der Waals surface area contributed by atoms with E-state index in [0.29, 0.717) is 0 Å². The molecule has 0 heterocycles. The smallest absolute Gasteiger partial charge is 0.330 e. The quantitative estimate of drug-likeness (QED) is 0.569. The largest absolute Gasteiger partial charge is 0.458 e. The number of allylic oxidation sites excluding steroid dienone is 1. The van der Waals surface area contributed by atoms with Gasteiger partial charge in [0.15, 0.2) is 0 Å². The fourth-order valence-electron chi connectivity index (χ4n) is 2.15. The third-order valence-electron chi connectivity index (χ3n) is 3.55. The van der Waals surface area contributed by atoms with E-state index in [-0.39, 0.29) is 11.5 Å². The van der Waals surface area contributed by atoms with Crippen LogP contribution in [-0.2, 0) is 14.9 Å². The average Bonchev–Trinajstić information content (AvgIpc) is 2.44. The van der Waals surface area contributed by atoms with Gasteiger partial charge in [0.05, 0.1) is 0 Å². The Morgan fingerprint density at radius 2 is 1.85 bits per heavy atom. The zero-order valence-electron chi connectivity index (χ0n) is 12.8. The van der Waals surface area contributed by atoms with E-state index in [1.165, 1.54) is 6.08 Å². The summed E-state index contributed by atoms with van der Waals surface area (Å²) in [5.74, 6) is -0.403. The molecule has 0 spiro atoms. The first-order valence-electron chi connectivity index (χ1n) is 6.72. The molecule has 0 aliphatic rings. The topological polar surface area (TPSA) is 26.3 Å². The van der Waals surface area contributed by atoms with Gasteiger partial charge in [-0.3, -0.25) is 0 Å². The summed E-state index contributed by atoms with van der Waals surface area (Å²) >= 11 is 0. The summed E-state index contributed by atoms with van der Waals surface area (Å²) in [7, 11) is 0. The number of esters is 1. The first-order valence-corrected chi connectivity index (χ1v) is 6.72. The van der Waals surface area contributed by atoms with Crippen molar-refractivity contribution in [1.29, 1.82) is 0 Å². The van der Waals surface area contributed by atoms with E-state index >= 15 is 0 Å². The Kier molecular flexibility index (Phi) is 5.32. The zero-order valence-corrected chi connectivity index (χ0v) is 12.8. The van der Waals surface area contributed by atoms with Crippen molar-refractivity contribution in [1.82, 2.24) is 0 Å². The van der Waals surface area contributed by atoms with E-state index in [4.69, 9.17) is 4.74 Å². The van der Waals surface area contributed by atoms with Crippen LogP contribution in [0.25, 0.3) is 5.57 Å². The van der Waals surface area contributed by atoms with Crippen molar-refractivity contribution in [3.05, 3.63) is 61.0 Å². The van der Waals surface area contributed by atoms with Crippen LogP contribution in [0.5, 0.6) is 0 Å². The highest BCUT2D eigenvalue weighted by Crippen LogP contribution is 2.31. The summed E-state index contributed by atoms with van der Waals surface area (Å²) in [5, 5.41) is 0. The van der Waals surface area contributed by atoms with Crippen molar-refractivity contribution in [2.75, 3.05) is 0 Å². The van der Waals surface area contributed by atoms with Gasteiger partial charge in [-0.2, -0.15) is 0 Å². The van der Waals surface area contributed by atoms with Gasteiger partial charge < -0.3 is 4.74 Å². The van der Waals surface area contributed by atoms with Gasteiger partial charge in [-0.25, -0.2) is 4.79 Å². The van der Waals surface area contributed by atoms with Gasteiger partial charge in [-0.05, 0) is 18.1 Å². The fourth-order valence-corrected chi connectivity index (χ4v) is 2.15. The lowest BCUT2D eigenvalue weighted by atomic mass is 9.78. The van der Waals surface area contributed by atoms with Gasteiger partial charge in [0.2, 0.25) is 0 Å². The third kappa shape index (κ3) is 3.60. The van der Waals surface area contributed by atoms with E-state index < -0.39 is 5.97 Å². The lowest BCUT2D eigenvalue weighted by Gasteiger charge is -2.33. The van der Waals surface area contributed by atoms with Gasteiger partial charge in [0.25, 0.3) is 0 Å². The fraction of sp³-hybridized carbons (Fsp3) is 0.333. The normalized spacial score (nSPS) is 12.6. The van der Waals surface area contributed by atoms with Crippen LogP contribution in [0.4, 0.5) is 0 Å². The molecule has 1 radical (unpaired) electrons. The molecule has 0 saturated carbocycles. The van der Waals surface area contributed by atoms with Crippen LogP contribution in [0.1, 0.15) is 38.8 Å². The summed E-state index contributed by atoms with van der Waals surface area (Å²) in [6.07, 6.45) is 2.79. The summed E-state index contributed by atoms with van der Waals surface area (Å²) in [6, 6.07) is 8.20. The standard InChI is InChI=1S/C18H23O2/c1-7-16(20-17(19)8-2)18(5,6)15-11-9-14(10-12-15)13(3)4/h7-12,16H,2-3H2,1,4-6H3. The first-order chi connectivity index (χ1) is 9.32. The number of hydrogen-bond acceptors (Lipinski definition) is 2. The second-order valence-electron chi connectivity index (χ2n) is 5.47. The molecule has 0 saturated heterocycles. The highest BCUT2D eigenvalue weighted by molar-refractivity contribution is 5.81. The summed E-state index contributed by atoms with van der Waals surface area (Å²) < 4.78 is 5.42. The van der Waals surface area contributed by atoms with Crippen molar-refractivity contribution >= 4 is 11.5 Å². The summed E-state index contributed by atoms with van der Waals surface area (Å²) in [5.41, 5.74) is 2.96. The lowest BCUT2D eigenvalue weighted by Crippen LogP contribution is -2.37. The molecular formula is C18H23O2. The number of hydrogen-bond donors (Lipinski definition) is 0. The SMILES string of the molecule is C=CC(=O)OC([CH]C)C(C)(C)c1ccc(C(=C)C)cc1. The van der Waals surface area contributed by atoms with Crippen LogP contribution >= 0.6 is 0 Å². The van der Waals surface area contributed by atoms with E-state index in [1.807, 2.05) is 32.4 Å². The molecule has 1 unspecified atom stereocenters. The molecule has 0 aliphatic carbocycles. The number of carbonyl (C=O) groups excluding carboxylic acids is 1. The molecule has 1 rings (SSSR count). The Labute approximate surface area is 122 Å². The molecule has 2 nitrogen and oxygen atoms in total. The summed E-state index contributed by atoms with van der Waals surface area (Å²) in [6.45, 7) is 15.4. The van der Waals surface area contributed by atoms with Crippen molar-refractivity contribution in [3.63, 3.8) is 0 Å². The second-order valence-corrected chi connectivity index (χ2v) is 5.47. The van der Waals surface area contributed by atoms with Gasteiger partial charge >= 0.3 is 5.97 Å². The van der Waals surface area contributed by atoms with Crippen LogP contribution in [0.3, 0.4) is 0 Å². The highest BCUT2D eigenvalue weighted by Gasteiger charge is 2.32. The number of rotatable bonds is 6. The Bertz CT molecular complexity index is 495. The maximum absolute atomic E-state index is 11.4. The first kappa shape index (κ1) is 16.2. The van der Waals surface area contributed by atoms with Crippen molar-refractivity contribution in [3.8, 4) is 0 Å². The van der Waals surface area contributed by atoms with E-state index in [9.17, 15) is 4.79 Å². The van der Waals surface area contributed by atoms with Crippen LogP contribution in [0, 0.1) is 6.42 Å². The van der Waals surface area contributed by atoms with Crippen LogP contribution in [0.2, 0.25) is 0 Å². The monoisotopic (exact) mass is 271 g/mol. The van der Waals surface area contributed by atoms with Gasteiger partial charge in [0.1, 0.15) is 6.10 Å². The molecule has 0 fully saturated rings. The Hall–Kier alpha value is -1.83. The van der Waals surface area contributed by atoms with Crippen LogP contribution in [0.15, 0.2) is 43.5 Å². The lowest BCUT2D eigenvalue weighted by molar-refractivity contribution is -0.144. The predicted octanol–water partition coefficient (Wildman–Crippen LogP) is 4.32. The number of ether oxygens (including phenoxy) is 1. The molecule has 107 valence electrons. The molecule has 0 N–H and O–H groups in total. The molecule has 0 amide bonds. The molecule has 20 heavy (non-hydrogen) atoms. The Balaban J connectivity index is 3.03. The molecule has 1 aromatic rings. The molecule has 0 aromatic heterocycles. The predicted molar refractivity (Wildman–Crippen MR) is 84.2 cm³/mol. The Morgan fingerprint density at radius 1 is 1.30 bits per heavy atom. The third-order valence-corrected chi connectivity index (χ3v) is 3.55. The molecule has 0 bridgehead atoms. The van der Waals surface area contributed by atoms with Gasteiger partial charge in [0, 0.05) is 17.9 Å². The van der Waals surface area contributed by atoms with Crippen molar-refractivity contribution < 1.29 is 9.53 Å². The Morgan fingerprint density at radius 3 is 2.25 bits per heavy atom. The molecular weight excluding hydrogens is 248 g/mol. The van der Waals surface area contributed by atoms with Gasteiger partial charge in [-0.1, -0.05) is 63.8 Å². The van der Waals surface area contributed by atoms with E-state index in [0.717, 1.165) is 16.7 Å². The maximum atomic E-state index is 11.4. The van der Waals surface area contributed by atoms with Crippen LogP contribution < -0.4 is 0 Å². The molecule has 0 aliphatic heterocycles.